The fraction of sp³-hybridized carbons (Fsp3) is 0.458. The number of amides is 1. The van der Waals surface area contributed by atoms with Crippen LogP contribution in [0.2, 0.25) is 0 Å². The van der Waals surface area contributed by atoms with Gasteiger partial charge in [0.2, 0.25) is 5.91 Å². The Hall–Kier alpha value is -2.21. The number of aryl methyl sites for hydroxylation is 1. The van der Waals surface area contributed by atoms with E-state index in [9.17, 15) is 4.79 Å². The Labute approximate surface area is 174 Å². The average Bonchev–Trinajstić information content (AvgIpc) is 2.74. The molecule has 0 spiro atoms. The molecule has 1 fully saturated rings. The fourth-order valence-corrected chi connectivity index (χ4v) is 3.61. The first-order valence-electron chi connectivity index (χ1n) is 10.5. The van der Waals surface area contributed by atoms with Gasteiger partial charge in [-0.3, -0.25) is 14.6 Å². The van der Waals surface area contributed by atoms with Gasteiger partial charge in [-0.15, -0.1) is 0 Å². The molecule has 1 aliphatic heterocycles. The summed E-state index contributed by atoms with van der Waals surface area (Å²) in [6.45, 7) is 10.5. The maximum Gasteiger partial charge on any atom is 0.234 e. The Morgan fingerprint density at radius 3 is 2.45 bits per heavy atom. The van der Waals surface area contributed by atoms with Gasteiger partial charge in [0.15, 0.2) is 0 Å². The van der Waals surface area contributed by atoms with Crippen LogP contribution >= 0.6 is 0 Å². The van der Waals surface area contributed by atoms with E-state index >= 15 is 0 Å². The minimum Gasteiger partial charge on any atom is -0.379 e. The molecule has 0 bridgehead atoms. The van der Waals surface area contributed by atoms with Crippen molar-refractivity contribution in [3.63, 3.8) is 0 Å². The summed E-state index contributed by atoms with van der Waals surface area (Å²) in [6, 6.07) is 18.9. The summed E-state index contributed by atoms with van der Waals surface area (Å²) in [7, 11) is 0. The number of nitrogens with one attached hydrogen (secondary N) is 1. The van der Waals surface area contributed by atoms with Crippen molar-refractivity contribution < 1.29 is 9.53 Å². The molecule has 0 aromatic heterocycles. The third-order valence-corrected chi connectivity index (χ3v) is 5.43. The smallest absolute Gasteiger partial charge is 0.234 e. The zero-order valence-electron chi connectivity index (χ0n) is 17.6. The second-order valence-corrected chi connectivity index (χ2v) is 7.91. The Morgan fingerprint density at radius 1 is 1.07 bits per heavy atom. The molecule has 29 heavy (non-hydrogen) atoms. The Kier molecular flexibility index (Phi) is 8.23. The number of morpholine rings is 1. The normalized spacial score (nSPS) is 16.0. The highest BCUT2D eigenvalue weighted by Gasteiger charge is 2.21. The van der Waals surface area contributed by atoms with Crippen LogP contribution in [0.3, 0.4) is 0 Å². The van der Waals surface area contributed by atoms with E-state index in [2.05, 4.69) is 77.5 Å². The van der Waals surface area contributed by atoms with E-state index in [1.165, 1.54) is 11.1 Å². The number of ether oxygens (including phenoxy) is 1. The lowest BCUT2D eigenvalue weighted by atomic mass is 10.1. The van der Waals surface area contributed by atoms with Gasteiger partial charge >= 0.3 is 0 Å². The summed E-state index contributed by atoms with van der Waals surface area (Å²) >= 11 is 0. The van der Waals surface area contributed by atoms with Crippen molar-refractivity contribution in [2.45, 2.75) is 33.0 Å². The highest BCUT2D eigenvalue weighted by Crippen LogP contribution is 2.11. The topological polar surface area (TPSA) is 44.8 Å². The maximum absolute atomic E-state index is 12.7. The summed E-state index contributed by atoms with van der Waals surface area (Å²) in [5, 5.41) is 3.08. The van der Waals surface area contributed by atoms with Crippen LogP contribution in [0.15, 0.2) is 54.6 Å². The van der Waals surface area contributed by atoms with Crippen molar-refractivity contribution in [2.24, 2.45) is 0 Å². The van der Waals surface area contributed by atoms with E-state index in [1.54, 1.807) is 0 Å². The number of nitrogens with zero attached hydrogens (tertiary/aromatic N) is 2. The number of carbonyl (C=O) groups is 1. The largest absolute Gasteiger partial charge is 0.379 e. The molecule has 1 heterocycles. The number of benzene rings is 2. The second-order valence-electron chi connectivity index (χ2n) is 7.91. The zero-order chi connectivity index (χ0) is 20.5. The third kappa shape index (κ3) is 7.28. The molecule has 1 atom stereocenters. The Balaban J connectivity index is 1.58. The molecule has 1 amide bonds. The summed E-state index contributed by atoms with van der Waals surface area (Å²) in [4.78, 5) is 17.4. The molecule has 2 aromatic rings. The van der Waals surface area contributed by atoms with Crippen molar-refractivity contribution in [3.8, 4) is 0 Å². The molecule has 0 aliphatic carbocycles. The van der Waals surface area contributed by atoms with Gasteiger partial charge in [0.25, 0.3) is 0 Å². The molecule has 1 saturated heterocycles. The summed E-state index contributed by atoms with van der Waals surface area (Å²) in [5.74, 6) is 0.0651. The summed E-state index contributed by atoms with van der Waals surface area (Å²) in [6.07, 6.45) is 0. The highest BCUT2D eigenvalue weighted by molar-refractivity contribution is 5.78. The quantitative estimate of drug-likeness (QED) is 0.709. The van der Waals surface area contributed by atoms with E-state index in [0.29, 0.717) is 13.1 Å². The highest BCUT2D eigenvalue weighted by atomic mass is 16.5. The molecule has 1 unspecified atom stereocenters. The molecule has 2 aromatic carbocycles. The molecule has 0 radical (unpaired) electrons. The molecular formula is C24H33N3O2. The Morgan fingerprint density at radius 2 is 1.76 bits per heavy atom. The van der Waals surface area contributed by atoms with Crippen molar-refractivity contribution in [2.75, 3.05) is 39.4 Å². The van der Waals surface area contributed by atoms with Crippen LogP contribution in [0.25, 0.3) is 0 Å². The lowest BCUT2D eigenvalue weighted by molar-refractivity contribution is -0.123. The van der Waals surface area contributed by atoms with Crippen LogP contribution in [0.5, 0.6) is 0 Å². The van der Waals surface area contributed by atoms with Crippen molar-refractivity contribution >= 4 is 5.91 Å². The monoisotopic (exact) mass is 395 g/mol. The first-order valence-corrected chi connectivity index (χ1v) is 10.5. The number of carbonyl (C=O) groups excluding carboxylic acids is 1. The first kappa shape index (κ1) is 21.5. The molecule has 156 valence electrons. The molecule has 5 nitrogen and oxygen atoms in total. The van der Waals surface area contributed by atoms with Crippen LogP contribution in [0.4, 0.5) is 0 Å². The number of rotatable bonds is 9. The van der Waals surface area contributed by atoms with Crippen LogP contribution < -0.4 is 5.32 Å². The van der Waals surface area contributed by atoms with E-state index in [-0.39, 0.29) is 11.9 Å². The minimum absolute atomic E-state index is 0.0651. The van der Waals surface area contributed by atoms with Gasteiger partial charge in [-0.25, -0.2) is 0 Å². The number of hydrogen-bond acceptors (Lipinski definition) is 4. The van der Waals surface area contributed by atoms with Crippen molar-refractivity contribution in [3.05, 3.63) is 71.3 Å². The average molecular weight is 396 g/mol. The lowest BCUT2D eigenvalue weighted by Crippen LogP contribution is -2.48. The molecule has 1 aliphatic rings. The van der Waals surface area contributed by atoms with Gasteiger partial charge in [0.1, 0.15) is 0 Å². The van der Waals surface area contributed by atoms with Crippen molar-refractivity contribution in [1.29, 1.82) is 0 Å². The first-order chi connectivity index (χ1) is 14.1. The van der Waals surface area contributed by atoms with E-state index in [0.717, 1.165) is 45.0 Å². The lowest BCUT2D eigenvalue weighted by Gasteiger charge is -2.34. The van der Waals surface area contributed by atoms with Gasteiger partial charge in [0, 0.05) is 38.8 Å². The van der Waals surface area contributed by atoms with Gasteiger partial charge in [0.05, 0.1) is 19.8 Å². The predicted octanol–water partition coefficient (Wildman–Crippen LogP) is 2.83. The minimum atomic E-state index is 0.0651. The molecular weight excluding hydrogens is 362 g/mol. The van der Waals surface area contributed by atoms with Crippen LogP contribution in [-0.4, -0.2) is 61.1 Å². The number of hydrogen-bond donors (Lipinski definition) is 1. The zero-order valence-corrected chi connectivity index (χ0v) is 17.6. The fourth-order valence-electron chi connectivity index (χ4n) is 3.61. The molecule has 1 N–H and O–H groups in total. The van der Waals surface area contributed by atoms with E-state index in [1.807, 2.05) is 6.07 Å². The van der Waals surface area contributed by atoms with Gasteiger partial charge in [-0.2, -0.15) is 0 Å². The standard InChI is InChI=1S/C24H33N3O2/c1-20-8-10-22(11-9-20)16-25-24(28)19-27(18-23-6-4-3-5-7-23)21(2)17-26-12-14-29-15-13-26/h3-11,21H,12-19H2,1-2H3,(H,25,28). The molecule has 3 rings (SSSR count). The Bertz CT molecular complexity index is 742. The SMILES string of the molecule is Cc1ccc(CNC(=O)CN(Cc2ccccc2)C(C)CN2CCOCC2)cc1. The van der Waals surface area contributed by atoms with Crippen LogP contribution in [-0.2, 0) is 22.6 Å². The maximum atomic E-state index is 12.7. The van der Waals surface area contributed by atoms with Gasteiger partial charge in [-0.05, 0) is 25.0 Å². The molecule has 5 heteroatoms. The molecule has 0 saturated carbocycles. The van der Waals surface area contributed by atoms with Gasteiger partial charge in [-0.1, -0.05) is 60.2 Å². The summed E-state index contributed by atoms with van der Waals surface area (Å²) in [5.41, 5.74) is 3.58. The van der Waals surface area contributed by atoms with Crippen LogP contribution in [0, 0.1) is 6.92 Å². The predicted molar refractivity (Wildman–Crippen MR) is 117 cm³/mol. The summed E-state index contributed by atoms with van der Waals surface area (Å²) < 4.78 is 5.46. The van der Waals surface area contributed by atoms with E-state index < -0.39 is 0 Å². The second kappa shape index (κ2) is 11.1. The third-order valence-electron chi connectivity index (χ3n) is 5.43. The van der Waals surface area contributed by atoms with Gasteiger partial charge < -0.3 is 10.1 Å². The van der Waals surface area contributed by atoms with E-state index in [4.69, 9.17) is 4.74 Å². The van der Waals surface area contributed by atoms with Crippen molar-refractivity contribution in [1.82, 2.24) is 15.1 Å². The van der Waals surface area contributed by atoms with Crippen LogP contribution in [0.1, 0.15) is 23.6 Å².